The van der Waals surface area contributed by atoms with Crippen molar-refractivity contribution in [3.8, 4) is 0 Å². The van der Waals surface area contributed by atoms with Crippen molar-refractivity contribution in [3.05, 3.63) is 58.5 Å². The van der Waals surface area contributed by atoms with Crippen LogP contribution in [-0.2, 0) is 18.3 Å². The number of hydrogen-bond acceptors (Lipinski definition) is 2. The molecule has 1 amide bonds. The molecule has 4 rings (SSSR count). The van der Waals surface area contributed by atoms with Gasteiger partial charge in [0.15, 0.2) is 0 Å². The van der Waals surface area contributed by atoms with Gasteiger partial charge in [-0.05, 0) is 48.9 Å². The minimum atomic E-state index is -0.328. The topological polar surface area (TPSA) is 62.7 Å². The fourth-order valence-corrected chi connectivity index (χ4v) is 3.36. The smallest absolute Gasteiger partial charge is 0.231 e. The van der Waals surface area contributed by atoms with Gasteiger partial charge >= 0.3 is 0 Å². The Morgan fingerprint density at radius 1 is 1.31 bits per heavy atom. The van der Waals surface area contributed by atoms with Crippen molar-refractivity contribution in [1.82, 2.24) is 14.5 Å². The molecule has 0 fully saturated rings. The van der Waals surface area contributed by atoms with E-state index in [1.54, 1.807) is 22.8 Å². The van der Waals surface area contributed by atoms with E-state index in [2.05, 4.69) is 15.3 Å². The van der Waals surface area contributed by atoms with Gasteiger partial charge in [-0.25, -0.2) is 9.37 Å². The molecule has 0 aliphatic rings. The quantitative estimate of drug-likeness (QED) is 0.563. The minimum absolute atomic E-state index is 0.124. The molecule has 0 aliphatic carbocycles. The molecule has 2 N–H and O–H groups in total. The largest absolute Gasteiger partial charge is 0.358 e. The third-order valence-corrected chi connectivity index (χ3v) is 4.75. The third-order valence-electron chi connectivity index (χ3n) is 4.51. The van der Waals surface area contributed by atoms with E-state index in [-0.39, 0.29) is 18.1 Å². The predicted octanol–water partition coefficient (Wildman–Crippen LogP) is 4.34. The molecule has 0 atom stereocenters. The van der Waals surface area contributed by atoms with Gasteiger partial charge in [0, 0.05) is 28.7 Å². The fourth-order valence-electron chi connectivity index (χ4n) is 3.20. The minimum Gasteiger partial charge on any atom is -0.358 e. The van der Waals surface area contributed by atoms with E-state index in [9.17, 15) is 9.18 Å². The first-order valence-corrected chi connectivity index (χ1v) is 8.48. The summed E-state index contributed by atoms with van der Waals surface area (Å²) in [6.07, 6.45) is 0.124. The Kier molecular flexibility index (Phi) is 3.92. The number of fused-ring (bicyclic) bond motifs is 2. The molecular weight excluding hydrogens is 355 g/mol. The molecule has 132 valence electrons. The SMILES string of the molecule is Cc1[nH]c2ccc(F)cc2c1CC(=O)Nc1nc2cc(Cl)ccc2n1C. The van der Waals surface area contributed by atoms with Crippen LogP contribution in [0.1, 0.15) is 11.3 Å². The highest BCUT2D eigenvalue weighted by Crippen LogP contribution is 2.25. The van der Waals surface area contributed by atoms with Crippen LogP contribution in [0.15, 0.2) is 36.4 Å². The number of aromatic nitrogens is 3. The van der Waals surface area contributed by atoms with Crippen molar-refractivity contribution in [2.24, 2.45) is 7.05 Å². The van der Waals surface area contributed by atoms with Crippen molar-refractivity contribution in [2.45, 2.75) is 13.3 Å². The fraction of sp³-hybridized carbons (Fsp3) is 0.158. The van der Waals surface area contributed by atoms with Gasteiger partial charge in [-0.3, -0.25) is 10.1 Å². The van der Waals surface area contributed by atoms with Crippen molar-refractivity contribution < 1.29 is 9.18 Å². The number of amides is 1. The second kappa shape index (κ2) is 6.14. The number of aromatic amines is 1. The molecule has 0 spiro atoms. The standard InChI is InChI=1S/C19H16ClFN4O/c1-10-13(14-8-12(21)4-5-15(14)22-10)9-18(26)24-19-23-16-7-11(20)3-6-17(16)25(19)2/h3-8,22H,9H2,1-2H3,(H,23,24,26). The summed E-state index contributed by atoms with van der Waals surface area (Å²) in [6.45, 7) is 1.87. The Bertz CT molecular complexity index is 1160. The Morgan fingerprint density at radius 3 is 2.92 bits per heavy atom. The van der Waals surface area contributed by atoms with Crippen LogP contribution in [-0.4, -0.2) is 20.4 Å². The Balaban J connectivity index is 1.63. The number of H-pyrrole nitrogens is 1. The maximum Gasteiger partial charge on any atom is 0.231 e. The zero-order valence-corrected chi connectivity index (χ0v) is 15.0. The Hall–Kier alpha value is -2.86. The summed E-state index contributed by atoms with van der Waals surface area (Å²) in [6, 6.07) is 9.90. The van der Waals surface area contributed by atoms with Crippen LogP contribution in [0.3, 0.4) is 0 Å². The van der Waals surface area contributed by atoms with Crippen LogP contribution >= 0.6 is 11.6 Å². The molecule has 0 bridgehead atoms. The molecule has 5 nitrogen and oxygen atoms in total. The first kappa shape index (κ1) is 16.6. The highest BCUT2D eigenvalue weighted by Gasteiger charge is 2.16. The van der Waals surface area contributed by atoms with Crippen LogP contribution < -0.4 is 5.32 Å². The van der Waals surface area contributed by atoms with Gasteiger partial charge in [-0.1, -0.05) is 11.6 Å². The Morgan fingerprint density at radius 2 is 2.12 bits per heavy atom. The molecule has 0 saturated heterocycles. The molecule has 7 heteroatoms. The molecule has 2 aromatic heterocycles. The average molecular weight is 371 g/mol. The molecule has 0 saturated carbocycles. The highest BCUT2D eigenvalue weighted by molar-refractivity contribution is 6.31. The van der Waals surface area contributed by atoms with E-state index in [1.807, 2.05) is 20.0 Å². The number of hydrogen-bond donors (Lipinski definition) is 2. The van der Waals surface area contributed by atoms with Gasteiger partial charge in [-0.2, -0.15) is 0 Å². The summed E-state index contributed by atoms with van der Waals surface area (Å²) >= 11 is 6.00. The zero-order valence-electron chi connectivity index (χ0n) is 14.2. The highest BCUT2D eigenvalue weighted by atomic mass is 35.5. The number of nitrogens with zero attached hydrogens (tertiary/aromatic N) is 2. The lowest BCUT2D eigenvalue weighted by molar-refractivity contribution is -0.115. The Labute approximate surface area is 153 Å². The second-order valence-electron chi connectivity index (χ2n) is 6.27. The van der Waals surface area contributed by atoms with Crippen LogP contribution in [0, 0.1) is 12.7 Å². The molecule has 0 unspecified atom stereocenters. The average Bonchev–Trinajstić information content (AvgIpc) is 3.05. The van der Waals surface area contributed by atoms with Gasteiger partial charge in [0.1, 0.15) is 5.82 Å². The van der Waals surface area contributed by atoms with Gasteiger partial charge in [-0.15, -0.1) is 0 Å². The summed E-state index contributed by atoms with van der Waals surface area (Å²) in [5.74, 6) is -0.107. The summed E-state index contributed by atoms with van der Waals surface area (Å²) < 4.78 is 15.4. The lowest BCUT2D eigenvalue weighted by Crippen LogP contribution is -2.17. The number of benzene rings is 2. The molecule has 26 heavy (non-hydrogen) atoms. The maximum absolute atomic E-state index is 13.6. The summed E-state index contributed by atoms with van der Waals surface area (Å²) in [5.41, 5.74) is 4.01. The van der Waals surface area contributed by atoms with Crippen molar-refractivity contribution >= 4 is 45.4 Å². The van der Waals surface area contributed by atoms with E-state index in [4.69, 9.17) is 11.6 Å². The third kappa shape index (κ3) is 2.82. The van der Waals surface area contributed by atoms with Crippen LogP contribution in [0.4, 0.5) is 10.3 Å². The van der Waals surface area contributed by atoms with Crippen molar-refractivity contribution in [1.29, 1.82) is 0 Å². The van der Waals surface area contributed by atoms with E-state index in [1.165, 1.54) is 12.1 Å². The van der Waals surface area contributed by atoms with E-state index >= 15 is 0 Å². The zero-order chi connectivity index (χ0) is 18.4. The number of rotatable bonds is 3. The van der Waals surface area contributed by atoms with Crippen molar-refractivity contribution in [2.75, 3.05) is 5.32 Å². The monoisotopic (exact) mass is 370 g/mol. The van der Waals surface area contributed by atoms with Gasteiger partial charge < -0.3 is 9.55 Å². The molecule has 4 aromatic rings. The molecule has 0 radical (unpaired) electrons. The van der Waals surface area contributed by atoms with Gasteiger partial charge in [0.25, 0.3) is 0 Å². The number of aryl methyl sites for hydroxylation is 2. The van der Waals surface area contributed by atoms with Gasteiger partial charge in [0.2, 0.25) is 11.9 Å². The lowest BCUT2D eigenvalue weighted by atomic mass is 10.1. The number of halogens is 2. The first-order chi connectivity index (χ1) is 12.4. The molecule has 0 aliphatic heterocycles. The molecule has 2 heterocycles. The second-order valence-corrected chi connectivity index (χ2v) is 6.71. The van der Waals surface area contributed by atoms with Crippen LogP contribution in [0.25, 0.3) is 21.9 Å². The normalized spacial score (nSPS) is 11.4. The summed E-state index contributed by atoms with van der Waals surface area (Å²) in [5, 5.41) is 4.13. The molecular formula is C19H16ClFN4O. The number of nitrogens with one attached hydrogen (secondary N) is 2. The molecule has 2 aromatic carbocycles. The van der Waals surface area contributed by atoms with Crippen molar-refractivity contribution in [3.63, 3.8) is 0 Å². The lowest BCUT2D eigenvalue weighted by Gasteiger charge is -2.06. The first-order valence-electron chi connectivity index (χ1n) is 8.11. The summed E-state index contributed by atoms with van der Waals surface area (Å²) in [7, 11) is 1.82. The number of carbonyl (C=O) groups excluding carboxylic acids is 1. The number of imidazole rings is 1. The van der Waals surface area contributed by atoms with E-state index < -0.39 is 0 Å². The predicted molar refractivity (Wildman–Crippen MR) is 101 cm³/mol. The van der Waals surface area contributed by atoms with Crippen LogP contribution in [0.5, 0.6) is 0 Å². The van der Waals surface area contributed by atoms with E-state index in [0.29, 0.717) is 16.5 Å². The summed E-state index contributed by atoms with van der Waals surface area (Å²) in [4.78, 5) is 20.2. The number of carbonyl (C=O) groups is 1. The van der Waals surface area contributed by atoms with Crippen LogP contribution in [0.2, 0.25) is 5.02 Å². The van der Waals surface area contributed by atoms with E-state index in [0.717, 1.165) is 27.7 Å². The maximum atomic E-state index is 13.6. The van der Waals surface area contributed by atoms with Gasteiger partial charge in [0.05, 0.1) is 17.5 Å². The number of anilines is 1.